The van der Waals surface area contributed by atoms with Gasteiger partial charge in [0.05, 0.1) is 54.0 Å². The molecule has 1 aromatic heterocycles. The highest BCUT2D eigenvalue weighted by Crippen LogP contribution is 2.27. The van der Waals surface area contributed by atoms with E-state index in [0.717, 1.165) is 48.1 Å². The Bertz CT molecular complexity index is 2580. The fourth-order valence-electron chi connectivity index (χ4n) is 6.00. The summed E-state index contributed by atoms with van der Waals surface area (Å²) in [6.07, 6.45) is 15.5. The predicted octanol–water partition coefficient (Wildman–Crippen LogP) is 9.87. The lowest BCUT2D eigenvalue weighted by atomic mass is 10.1. The van der Waals surface area contributed by atoms with Gasteiger partial charge in [0, 0.05) is 29.9 Å². The maximum Gasteiger partial charge on any atom is 0.343 e. The van der Waals surface area contributed by atoms with Gasteiger partial charge in [0.2, 0.25) is 5.13 Å². The number of ether oxygens (including phenoxy) is 6. The molecule has 5 rings (SSSR count). The second-order valence-corrected chi connectivity index (χ2v) is 15.7. The van der Waals surface area contributed by atoms with E-state index in [-0.39, 0.29) is 35.8 Å². The molecular formula is C52H51N3O12S. The third-order valence-corrected chi connectivity index (χ3v) is 10.5. The fourth-order valence-corrected chi connectivity index (χ4v) is 6.81. The summed E-state index contributed by atoms with van der Waals surface area (Å²) in [6.45, 7) is 7.87. The van der Waals surface area contributed by atoms with Gasteiger partial charge >= 0.3 is 35.8 Å². The average Bonchev–Trinajstić information content (AvgIpc) is 3.78. The third-order valence-electron chi connectivity index (χ3n) is 9.56. The lowest BCUT2D eigenvalue weighted by Gasteiger charge is -2.10. The maximum absolute atomic E-state index is 13.4. The van der Waals surface area contributed by atoms with Crippen molar-refractivity contribution in [3.8, 4) is 11.5 Å². The number of hydrogen-bond acceptors (Lipinski definition) is 16. The van der Waals surface area contributed by atoms with Gasteiger partial charge in [-0.25, -0.2) is 33.8 Å². The first-order valence-corrected chi connectivity index (χ1v) is 22.6. The van der Waals surface area contributed by atoms with Gasteiger partial charge in [-0.1, -0.05) is 60.9 Å². The molecule has 352 valence electrons. The molecule has 0 aliphatic carbocycles. The number of nitrogens with zero attached hydrogens (tertiary/aromatic N) is 2. The van der Waals surface area contributed by atoms with E-state index in [0.29, 0.717) is 60.7 Å². The highest BCUT2D eigenvalue weighted by molar-refractivity contribution is 7.22. The van der Waals surface area contributed by atoms with Crippen molar-refractivity contribution in [2.75, 3.05) is 31.9 Å². The summed E-state index contributed by atoms with van der Waals surface area (Å²) in [7, 11) is 0. The number of anilines is 1. The van der Waals surface area contributed by atoms with E-state index >= 15 is 0 Å². The van der Waals surface area contributed by atoms with Crippen molar-refractivity contribution in [3.63, 3.8) is 0 Å². The van der Waals surface area contributed by atoms with Gasteiger partial charge in [-0.2, -0.15) is 5.10 Å². The molecule has 68 heavy (non-hydrogen) atoms. The molecule has 0 amide bonds. The van der Waals surface area contributed by atoms with Crippen LogP contribution in [0.4, 0.5) is 5.13 Å². The Balaban J connectivity index is 1.14. The number of thiazole rings is 1. The Hall–Kier alpha value is -7.98. The quantitative estimate of drug-likeness (QED) is 0.00993. The molecule has 1 heterocycles. The molecule has 0 fully saturated rings. The maximum atomic E-state index is 13.4. The van der Waals surface area contributed by atoms with Crippen LogP contribution in [0.5, 0.6) is 11.5 Å². The van der Waals surface area contributed by atoms with Crippen molar-refractivity contribution in [2.24, 2.45) is 5.10 Å². The van der Waals surface area contributed by atoms with E-state index < -0.39 is 35.8 Å². The van der Waals surface area contributed by atoms with Crippen LogP contribution in [-0.4, -0.2) is 73.4 Å². The summed E-state index contributed by atoms with van der Waals surface area (Å²) in [5.74, 6) is -2.94. The van der Waals surface area contributed by atoms with Crippen molar-refractivity contribution in [3.05, 3.63) is 156 Å². The molecule has 0 spiro atoms. The Morgan fingerprint density at radius 2 is 1.06 bits per heavy atom. The summed E-state index contributed by atoms with van der Waals surface area (Å²) in [5.41, 5.74) is 5.81. The van der Waals surface area contributed by atoms with Gasteiger partial charge in [0.15, 0.2) is 0 Å². The van der Waals surface area contributed by atoms with Gasteiger partial charge in [0.1, 0.15) is 11.5 Å². The Kier molecular flexibility index (Phi) is 21.1. The van der Waals surface area contributed by atoms with Crippen LogP contribution >= 0.6 is 11.3 Å². The molecule has 0 saturated carbocycles. The molecule has 4 aromatic carbocycles. The number of rotatable bonds is 27. The van der Waals surface area contributed by atoms with Crippen LogP contribution in [0.15, 0.2) is 134 Å². The second-order valence-electron chi connectivity index (χ2n) is 14.7. The third kappa shape index (κ3) is 18.1. The number of fused-ring (bicyclic) bond motifs is 1. The van der Waals surface area contributed by atoms with Gasteiger partial charge in [-0.05, 0) is 129 Å². The molecule has 16 heteroatoms. The number of esters is 6. The topological polar surface area (TPSA) is 195 Å². The second kappa shape index (κ2) is 28.1. The number of hydrogen-bond donors (Lipinski definition) is 1. The number of carbonyl (C=O) groups is 6. The van der Waals surface area contributed by atoms with E-state index in [1.807, 2.05) is 24.3 Å². The number of para-hydroxylation sites is 1. The standard InChI is InChI=1S/C52H51N3O12S/c1-3-46(56)62-31-11-5-7-13-33-64-48(58)29-21-37-17-23-39(24-18-37)50(60)66-42-27-28-44(41(35-42)36-53-55-52-54-43-15-9-10-16-45(43)68-52)67-51(61)40-25-19-38(20-26-40)22-30-49(59)65-34-14-8-6-12-32-63-47(57)4-2/h3-4,9-10,15-30,35-36H,1-2,5-8,11-14,31-34H2,(H,54,55)/b29-21+,30-22+,53-36+. The molecule has 1 N–H and O–H groups in total. The molecule has 5 aromatic rings. The van der Waals surface area contributed by atoms with E-state index in [1.54, 1.807) is 60.7 Å². The number of aromatic nitrogens is 1. The fraction of sp³-hybridized carbons (Fsp3) is 0.231. The Morgan fingerprint density at radius 3 is 1.56 bits per heavy atom. The van der Waals surface area contributed by atoms with Crippen LogP contribution in [0.3, 0.4) is 0 Å². The minimum Gasteiger partial charge on any atom is -0.463 e. The van der Waals surface area contributed by atoms with Crippen molar-refractivity contribution in [1.29, 1.82) is 0 Å². The first-order chi connectivity index (χ1) is 33.1. The lowest BCUT2D eigenvalue weighted by Crippen LogP contribution is -2.11. The summed E-state index contributed by atoms with van der Waals surface area (Å²) in [4.78, 5) is 77.7. The normalized spacial score (nSPS) is 11.1. The highest BCUT2D eigenvalue weighted by Gasteiger charge is 2.15. The van der Waals surface area contributed by atoms with Crippen molar-refractivity contribution in [1.82, 2.24) is 4.98 Å². The number of unbranched alkanes of at least 4 members (excludes halogenated alkanes) is 6. The van der Waals surface area contributed by atoms with Crippen molar-refractivity contribution < 1.29 is 57.2 Å². The van der Waals surface area contributed by atoms with E-state index in [1.165, 1.54) is 47.9 Å². The zero-order valence-corrected chi connectivity index (χ0v) is 38.1. The van der Waals surface area contributed by atoms with Gasteiger partial charge in [-0.15, -0.1) is 0 Å². The summed E-state index contributed by atoms with van der Waals surface area (Å²) in [5, 5.41) is 4.86. The Labute approximate surface area is 397 Å². The molecule has 0 atom stereocenters. The molecule has 0 saturated heterocycles. The van der Waals surface area contributed by atoms with E-state index in [9.17, 15) is 28.8 Å². The Morgan fingerprint density at radius 1 is 0.574 bits per heavy atom. The first-order valence-electron chi connectivity index (χ1n) is 21.8. The minimum atomic E-state index is -0.669. The number of benzene rings is 4. The van der Waals surface area contributed by atoms with Gasteiger partial charge in [-0.3, -0.25) is 5.43 Å². The van der Waals surface area contributed by atoms with Crippen molar-refractivity contribution >= 4 is 80.9 Å². The lowest BCUT2D eigenvalue weighted by molar-refractivity contribution is -0.139. The smallest absolute Gasteiger partial charge is 0.343 e. The van der Waals surface area contributed by atoms with Crippen LogP contribution < -0.4 is 14.9 Å². The zero-order chi connectivity index (χ0) is 48.4. The number of nitrogens with one attached hydrogen (secondary N) is 1. The number of carbonyl (C=O) groups excluding carboxylic acids is 6. The highest BCUT2D eigenvalue weighted by atomic mass is 32.1. The number of hydrazone groups is 1. The molecule has 0 bridgehead atoms. The molecule has 0 unspecified atom stereocenters. The molecular weight excluding hydrogens is 891 g/mol. The SMILES string of the molecule is C=CC(=O)OCCCCCCOC(=O)/C=C/c1ccc(C(=O)Oc2ccc(OC(=O)c3ccc(/C=C/C(=O)OCCCCCCOC(=O)C=C)cc3)c(/C=N/Nc3nc4ccccc4s3)c2)cc1. The van der Waals surface area contributed by atoms with Crippen LogP contribution in [0.2, 0.25) is 0 Å². The van der Waals surface area contributed by atoms with Crippen molar-refractivity contribution in [2.45, 2.75) is 51.4 Å². The summed E-state index contributed by atoms with van der Waals surface area (Å²) < 4.78 is 32.8. The average molecular weight is 942 g/mol. The minimum absolute atomic E-state index is 0.130. The zero-order valence-electron chi connectivity index (χ0n) is 37.3. The largest absolute Gasteiger partial charge is 0.463 e. The van der Waals surface area contributed by atoms with E-state index in [2.05, 4.69) is 28.7 Å². The van der Waals surface area contributed by atoms with Crippen LogP contribution in [0.25, 0.3) is 22.4 Å². The summed E-state index contributed by atoms with van der Waals surface area (Å²) >= 11 is 1.41. The molecule has 0 aliphatic heterocycles. The van der Waals surface area contributed by atoms with Gasteiger partial charge < -0.3 is 28.4 Å². The molecule has 0 radical (unpaired) electrons. The van der Waals surface area contributed by atoms with Crippen LogP contribution in [0.1, 0.15) is 88.8 Å². The van der Waals surface area contributed by atoms with Gasteiger partial charge in [0.25, 0.3) is 0 Å². The summed E-state index contributed by atoms with van der Waals surface area (Å²) in [6, 6.07) is 25.0. The van der Waals surface area contributed by atoms with Crippen LogP contribution in [-0.2, 0) is 38.1 Å². The monoisotopic (exact) mass is 941 g/mol. The van der Waals surface area contributed by atoms with E-state index in [4.69, 9.17) is 28.4 Å². The molecule has 15 nitrogen and oxygen atoms in total. The van der Waals surface area contributed by atoms with Crippen LogP contribution in [0, 0.1) is 0 Å². The predicted molar refractivity (Wildman–Crippen MR) is 259 cm³/mol. The molecule has 0 aliphatic rings. The first kappa shape index (κ1) is 51.0.